The van der Waals surface area contributed by atoms with Gasteiger partial charge in [0.1, 0.15) is 0 Å². The van der Waals surface area contributed by atoms with Crippen molar-refractivity contribution in [3.8, 4) is 0 Å². The summed E-state index contributed by atoms with van der Waals surface area (Å²) in [6, 6.07) is 0. The Bertz CT molecular complexity index is 119. The second-order valence-corrected chi connectivity index (χ2v) is 3.80. The van der Waals surface area contributed by atoms with Crippen molar-refractivity contribution >= 4 is 0 Å². The van der Waals surface area contributed by atoms with Crippen LogP contribution in [0.5, 0.6) is 0 Å². The Balaban J connectivity index is 3.54. The zero-order valence-electron chi connectivity index (χ0n) is 8.24. The number of ether oxygens (including phenoxy) is 1. The number of rotatable bonds is 4. The second-order valence-electron chi connectivity index (χ2n) is 3.80. The summed E-state index contributed by atoms with van der Waals surface area (Å²) in [6.07, 6.45) is 0.983. The molecule has 11 heavy (non-hydrogen) atoms. The van der Waals surface area contributed by atoms with Crippen LogP contribution in [0.1, 0.15) is 34.1 Å². The highest BCUT2D eigenvalue weighted by molar-refractivity contribution is 5.04. The predicted molar refractivity (Wildman–Crippen MR) is 49.7 cm³/mol. The molecule has 0 aromatic heterocycles. The lowest BCUT2D eigenvalue weighted by atomic mass is 9.86. The Morgan fingerprint density at radius 2 is 1.91 bits per heavy atom. The fraction of sp³-hybridized carbons (Fsp3) is 0.800. The van der Waals surface area contributed by atoms with Gasteiger partial charge in [0.05, 0.1) is 6.61 Å². The first kappa shape index (κ1) is 10.7. The van der Waals surface area contributed by atoms with Gasteiger partial charge < -0.3 is 4.74 Å². The van der Waals surface area contributed by atoms with E-state index in [1.54, 1.807) is 0 Å². The van der Waals surface area contributed by atoms with Gasteiger partial charge in [-0.25, -0.2) is 0 Å². The minimum Gasteiger partial charge on any atom is -0.381 e. The molecule has 0 radical (unpaired) electrons. The van der Waals surface area contributed by atoms with E-state index in [1.807, 2.05) is 6.92 Å². The Hall–Kier alpha value is -0.300. The molecular weight excluding hydrogens is 136 g/mol. The minimum atomic E-state index is 0.233. The lowest BCUT2D eigenvalue weighted by molar-refractivity contribution is 0.147. The smallest absolute Gasteiger partial charge is 0.0503 e. The molecule has 0 unspecified atom stereocenters. The van der Waals surface area contributed by atoms with Crippen LogP contribution < -0.4 is 0 Å². The quantitative estimate of drug-likeness (QED) is 0.449. The van der Waals surface area contributed by atoms with Crippen molar-refractivity contribution in [2.75, 3.05) is 13.2 Å². The Labute approximate surface area is 70.4 Å². The van der Waals surface area contributed by atoms with Crippen LogP contribution in [0.3, 0.4) is 0 Å². The first-order valence-corrected chi connectivity index (χ1v) is 4.24. The van der Waals surface area contributed by atoms with Crippen LogP contribution in [-0.2, 0) is 4.74 Å². The summed E-state index contributed by atoms with van der Waals surface area (Å²) in [5.41, 5.74) is 1.50. The van der Waals surface area contributed by atoms with Gasteiger partial charge in [0.2, 0.25) is 0 Å². The number of hydrogen-bond donors (Lipinski definition) is 0. The van der Waals surface area contributed by atoms with E-state index in [0.29, 0.717) is 0 Å². The third-order valence-corrected chi connectivity index (χ3v) is 1.81. The van der Waals surface area contributed by atoms with Crippen molar-refractivity contribution in [1.29, 1.82) is 0 Å². The van der Waals surface area contributed by atoms with Crippen LogP contribution >= 0.6 is 0 Å². The molecule has 0 aromatic carbocycles. The Morgan fingerprint density at radius 3 is 2.27 bits per heavy atom. The van der Waals surface area contributed by atoms with E-state index < -0.39 is 0 Å². The topological polar surface area (TPSA) is 9.23 Å². The highest BCUT2D eigenvalue weighted by atomic mass is 16.5. The highest BCUT2D eigenvalue weighted by Crippen LogP contribution is 2.25. The molecule has 0 bridgehead atoms. The van der Waals surface area contributed by atoms with Crippen molar-refractivity contribution in [3.05, 3.63) is 12.2 Å². The summed E-state index contributed by atoms with van der Waals surface area (Å²) in [4.78, 5) is 0. The van der Waals surface area contributed by atoms with Crippen LogP contribution in [0.2, 0.25) is 0 Å². The zero-order valence-corrected chi connectivity index (χ0v) is 8.24. The molecule has 0 rings (SSSR count). The lowest BCUT2D eigenvalue weighted by Crippen LogP contribution is -2.10. The third-order valence-electron chi connectivity index (χ3n) is 1.81. The van der Waals surface area contributed by atoms with E-state index >= 15 is 0 Å². The molecule has 0 atom stereocenters. The summed E-state index contributed by atoms with van der Waals surface area (Å²) in [7, 11) is 0. The van der Waals surface area contributed by atoms with Gasteiger partial charge in [-0.2, -0.15) is 0 Å². The van der Waals surface area contributed by atoms with Gasteiger partial charge in [-0.1, -0.05) is 32.9 Å². The molecule has 0 saturated carbocycles. The second kappa shape index (κ2) is 4.55. The summed E-state index contributed by atoms with van der Waals surface area (Å²) < 4.78 is 5.24. The molecule has 0 aliphatic carbocycles. The molecule has 0 N–H and O–H groups in total. The van der Waals surface area contributed by atoms with E-state index in [9.17, 15) is 0 Å². The third kappa shape index (κ3) is 5.02. The molecule has 0 amide bonds. The maximum absolute atomic E-state index is 5.24. The average molecular weight is 156 g/mol. The van der Waals surface area contributed by atoms with Crippen molar-refractivity contribution < 1.29 is 4.74 Å². The normalized spacial score (nSPS) is 11.6. The van der Waals surface area contributed by atoms with Crippen molar-refractivity contribution in [1.82, 2.24) is 0 Å². The van der Waals surface area contributed by atoms with Gasteiger partial charge in [-0.05, 0) is 18.8 Å². The maximum atomic E-state index is 5.24. The molecular formula is C10H20O. The average Bonchev–Trinajstić information content (AvgIpc) is 1.86. The largest absolute Gasteiger partial charge is 0.381 e. The summed E-state index contributed by atoms with van der Waals surface area (Å²) in [5.74, 6) is 0. The predicted octanol–water partition coefficient (Wildman–Crippen LogP) is 3.02. The van der Waals surface area contributed by atoms with Crippen LogP contribution in [0, 0.1) is 5.41 Å². The number of hydrogen-bond acceptors (Lipinski definition) is 1. The molecule has 1 nitrogen and oxygen atoms in total. The van der Waals surface area contributed by atoms with Crippen LogP contribution in [-0.4, -0.2) is 13.2 Å². The maximum Gasteiger partial charge on any atom is 0.0503 e. The SMILES string of the molecule is C=C(CCOCC)C(C)(C)C. The van der Waals surface area contributed by atoms with Crippen LogP contribution in [0.15, 0.2) is 12.2 Å². The van der Waals surface area contributed by atoms with E-state index in [2.05, 4.69) is 27.4 Å². The van der Waals surface area contributed by atoms with Gasteiger partial charge in [0, 0.05) is 6.61 Å². The zero-order chi connectivity index (χ0) is 8.91. The van der Waals surface area contributed by atoms with Crippen molar-refractivity contribution in [2.45, 2.75) is 34.1 Å². The van der Waals surface area contributed by atoms with E-state index in [0.717, 1.165) is 19.6 Å². The Morgan fingerprint density at radius 1 is 1.36 bits per heavy atom. The molecule has 0 aliphatic heterocycles. The molecule has 66 valence electrons. The Kier molecular flexibility index (Phi) is 4.43. The van der Waals surface area contributed by atoms with Gasteiger partial charge >= 0.3 is 0 Å². The summed E-state index contributed by atoms with van der Waals surface area (Å²) >= 11 is 0. The van der Waals surface area contributed by atoms with Crippen LogP contribution in [0.4, 0.5) is 0 Å². The monoisotopic (exact) mass is 156 g/mol. The first-order valence-electron chi connectivity index (χ1n) is 4.24. The molecule has 0 aromatic rings. The van der Waals surface area contributed by atoms with Crippen LogP contribution in [0.25, 0.3) is 0 Å². The molecule has 1 heteroatoms. The summed E-state index contributed by atoms with van der Waals surface area (Å²) in [5, 5.41) is 0. The van der Waals surface area contributed by atoms with Crippen molar-refractivity contribution in [3.63, 3.8) is 0 Å². The fourth-order valence-electron chi connectivity index (χ4n) is 0.715. The van der Waals surface area contributed by atoms with Gasteiger partial charge in [-0.15, -0.1) is 0 Å². The van der Waals surface area contributed by atoms with E-state index in [4.69, 9.17) is 4.74 Å². The van der Waals surface area contributed by atoms with Gasteiger partial charge in [0.25, 0.3) is 0 Å². The van der Waals surface area contributed by atoms with Crippen molar-refractivity contribution in [2.24, 2.45) is 5.41 Å². The van der Waals surface area contributed by atoms with Gasteiger partial charge in [0.15, 0.2) is 0 Å². The minimum absolute atomic E-state index is 0.233. The lowest BCUT2D eigenvalue weighted by Gasteiger charge is -2.21. The van der Waals surface area contributed by atoms with Gasteiger partial charge in [-0.3, -0.25) is 0 Å². The molecule has 0 spiro atoms. The molecule has 0 fully saturated rings. The fourth-order valence-corrected chi connectivity index (χ4v) is 0.715. The molecule has 0 saturated heterocycles. The first-order chi connectivity index (χ1) is 4.98. The summed E-state index contributed by atoms with van der Waals surface area (Å²) in [6.45, 7) is 14.2. The van der Waals surface area contributed by atoms with E-state index in [1.165, 1.54) is 5.57 Å². The standard InChI is InChI=1S/C10H20O/c1-6-11-8-7-9(2)10(3,4)5/h2,6-8H2,1,3-5H3. The molecule has 0 aliphatic rings. The molecule has 0 heterocycles. The van der Waals surface area contributed by atoms with E-state index in [-0.39, 0.29) is 5.41 Å². The highest BCUT2D eigenvalue weighted by Gasteiger charge is 2.13.